The molecule has 2 heterocycles. The molecule has 0 spiro atoms. The Hall–Kier alpha value is -1.88. The summed E-state index contributed by atoms with van der Waals surface area (Å²) in [6.45, 7) is 3.53. The first-order valence-electron chi connectivity index (χ1n) is 7.20. The van der Waals surface area contributed by atoms with Crippen LogP contribution in [0.5, 0.6) is 0 Å². The van der Waals surface area contributed by atoms with E-state index in [4.69, 9.17) is 0 Å². The lowest BCUT2D eigenvalue weighted by Crippen LogP contribution is -2.37. The Balaban J connectivity index is 1.86. The van der Waals surface area contributed by atoms with Crippen molar-refractivity contribution in [2.24, 2.45) is 0 Å². The third-order valence-electron chi connectivity index (χ3n) is 3.97. The number of hydrogen-bond donors (Lipinski definition) is 1. The van der Waals surface area contributed by atoms with E-state index >= 15 is 0 Å². The summed E-state index contributed by atoms with van der Waals surface area (Å²) < 4.78 is 1.44. The highest BCUT2D eigenvalue weighted by Crippen LogP contribution is 2.08. The van der Waals surface area contributed by atoms with Gasteiger partial charge in [-0.25, -0.2) is 4.68 Å². The minimum atomic E-state index is -0.196. The number of aromatic amines is 1. The summed E-state index contributed by atoms with van der Waals surface area (Å²) in [6.07, 6.45) is 3.75. The highest BCUT2D eigenvalue weighted by Gasteiger charge is 2.11. The number of H-pyrrole nitrogens is 1. The van der Waals surface area contributed by atoms with Gasteiger partial charge in [0.25, 0.3) is 11.1 Å². The number of piperidine rings is 1. The van der Waals surface area contributed by atoms with Gasteiger partial charge in [-0.1, -0.05) is 18.6 Å². The van der Waals surface area contributed by atoms with E-state index < -0.39 is 0 Å². The summed E-state index contributed by atoms with van der Waals surface area (Å²) in [6, 6.07) is 6.96. The standard InChI is InChI=1S/C15H19N3O2/c19-14-12-6-2-3-7-13(12)15(20)18(16-14)11-10-17-8-4-1-5-9-17/h2-3,6-7H,1,4-5,8-11H2,(H,16,19). The van der Waals surface area contributed by atoms with Crippen molar-refractivity contribution in [3.8, 4) is 0 Å². The number of hydrogen-bond acceptors (Lipinski definition) is 3. The van der Waals surface area contributed by atoms with Gasteiger partial charge in [0.05, 0.1) is 17.3 Å². The SMILES string of the molecule is O=c1[nH]n(CCN2CCCCC2)c(=O)c2ccccc12. The molecule has 106 valence electrons. The van der Waals surface area contributed by atoms with Crippen LogP contribution in [0, 0.1) is 0 Å². The predicted octanol–water partition coefficient (Wildman–Crippen LogP) is 1.18. The minimum Gasteiger partial charge on any atom is -0.301 e. The second-order valence-corrected chi connectivity index (χ2v) is 5.35. The number of likely N-dealkylation sites (tertiary alicyclic amines) is 1. The topological polar surface area (TPSA) is 58.1 Å². The van der Waals surface area contributed by atoms with Crippen molar-refractivity contribution < 1.29 is 0 Å². The molecule has 3 rings (SSSR count). The van der Waals surface area contributed by atoms with Crippen molar-refractivity contribution in [1.29, 1.82) is 0 Å². The molecule has 1 aliphatic rings. The molecule has 5 heteroatoms. The largest absolute Gasteiger partial charge is 0.301 e. The van der Waals surface area contributed by atoms with Gasteiger partial charge in [-0.2, -0.15) is 0 Å². The molecule has 5 nitrogen and oxygen atoms in total. The van der Waals surface area contributed by atoms with Crippen LogP contribution >= 0.6 is 0 Å². The van der Waals surface area contributed by atoms with E-state index in [1.165, 1.54) is 23.9 Å². The molecule has 0 radical (unpaired) electrons. The van der Waals surface area contributed by atoms with E-state index in [9.17, 15) is 9.59 Å². The van der Waals surface area contributed by atoms with Gasteiger partial charge in [-0.05, 0) is 38.1 Å². The first-order chi connectivity index (χ1) is 9.75. The molecular weight excluding hydrogens is 254 g/mol. The Bertz CT molecular complexity index is 711. The molecule has 1 aromatic heterocycles. The number of aromatic nitrogens is 2. The van der Waals surface area contributed by atoms with Gasteiger partial charge in [0.15, 0.2) is 0 Å². The normalized spacial score (nSPS) is 16.6. The summed E-state index contributed by atoms with van der Waals surface area (Å²) in [5, 5.41) is 3.64. The van der Waals surface area contributed by atoms with Gasteiger partial charge in [0, 0.05) is 6.54 Å². The van der Waals surface area contributed by atoms with Crippen LogP contribution in [0.25, 0.3) is 10.8 Å². The Morgan fingerprint density at radius 3 is 2.40 bits per heavy atom. The molecule has 1 aromatic carbocycles. The quantitative estimate of drug-likeness (QED) is 0.913. The fourth-order valence-corrected chi connectivity index (χ4v) is 2.83. The van der Waals surface area contributed by atoms with Crippen LogP contribution in [-0.2, 0) is 6.54 Å². The summed E-state index contributed by atoms with van der Waals surface area (Å²) >= 11 is 0. The molecule has 1 saturated heterocycles. The molecule has 1 N–H and O–H groups in total. The molecule has 0 aliphatic carbocycles. The molecule has 20 heavy (non-hydrogen) atoms. The fourth-order valence-electron chi connectivity index (χ4n) is 2.83. The zero-order chi connectivity index (χ0) is 13.9. The van der Waals surface area contributed by atoms with Gasteiger partial charge in [0.2, 0.25) is 0 Å². The van der Waals surface area contributed by atoms with Crippen molar-refractivity contribution in [1.82, 2.24) is 14.7 Å². The average molecular weight is 273 g/mol. The number of fused-ring (bicyclic) bond motifs is 1. The van der Waals surface area contributed by atoms with Gasteiger partial charge in [-0.3, -0.25) is 14.7 Å². The van der Waals surface area contributed by atoms with Crippen molar-refractivity contribution in [3.63, 3.8) is 0 Å². The van der Waals surface area contributed by atoms with Crippen molar-refractivity contribution in [2.45, 2.75) is 25.8 Å². The average Bonchev–Trinajstić information content (AvgIpc) is 2.50. The Morgan fingerprint density at radius 1 is 0.950 bits per heavy atom. The zero-order valence-corrected chi connectivity index (χ0v) is 11.5. The van der Waals surface area contributed by atoms with Crippen LogP contribution in [-0.4, -0.2) is 34.3 Å². The monoisotopic (exact) mass is 273 g/mol. The fraction of sp³-hybridized carbons (Fsp3) is 0.467. The maximum Gasteiger partial charge on any atom is 0.273 e. The van der Waals surface area contributed by atoms with E-state index in [1.807, 2.05) is 0 Å². The Kier molecular flexibility index (Phi) is 3.69. The summed E-state index contributed by atoms with van der Waals surface area (Å²) in [5.41, 5.74) is -0.309. The predicted molar refractivity (Wildman–Crippen MR) is 79.1 cm³/mol. The van der Waals surface area contributed by atoms with Crippen LogP contribution in [0.1, 0.15) is 19.3 Å². The summed E-state index contributed by atoms with van der Waals surface area (Å²) in [7, 11) is 0. The molecule has 1 fully saturated rings. The maximum absolute atomic E-state index is 12.3. The molecule has 2 aromatic rings. The summed E-state index contributed by atoms with van der Waals surface area (Å²) in [4.78, 5) is 26.7. The molecule has 0 bridgehead atoms. The Labute approximate surface area is 116 Å². The van der Waals surface area contributed by atoms with Crippen molar-refractivity contribution in [3.05, 3.63) is 45.0 Å². The summed E-state index contributed by atoms with van der Waals surface area (Å²) in [5.74, 6) is 0. The second-order valence-electron chi connectivity index (χ2n) is 5.35. The number of nitrogens with zero attached hydrogens (tertiary/aromatic N) is 2. The molecule has 0 amide bonds. The van der Waals surface area contributed by atoms with E-state index in [1.54, 1.807) is 24.3 Å². The highest BCUT2D eigenvalue weighted by atomic mass is 16.2. The first kappa shape index (κ1) is 13.1. The third-order valence-corrected chi connectivity index (χ3v) is 3.97. The van der Waals surface area contributed by atoms with Gasteiger partial charge in [-0.15, -0.1) is 0 Å². The van der Waals surface area contributed by atoms with E-state index in [0.29, 0.717) is 17.3 Å². The van der Waals surface area contributed by atoms with Gasteiger partial charge < -0.3 is 4.90 Å². The van der Waals surface area contributed by atoms with Crippen LogP contribution in [0.4, 0.5) is 0 Å². The molecule has 0 atom stereocenters. The molecular formula is C15H19N3O2. The second kappa shape index (κ2) is 5.63. The van der Waals surface area contributed by atoms with E-state index in [-0.39, 0.29) is 11.1 Å². The van der Waals surface area contributed by atoms with Crippen LogP contribution in [0.15, 0.2) is 33.9 Å². The van der Waals surface area contributed by atoms with Gasteiger partial charge in [0.1, 0.15) is 0 Å². The lowest BCUT2D eigenvalue weighted by molar-refractivity contribution is 0.216. The first-order valence-corrected chi connectivity index (χ1v) is 7.20. The van der Waals surface area contributed by atoms with Crippen LogP contribution in [0.3, 0.4) is 0 Å². The lowest BCUT2D eigenvalue weighted by Gasteiger charge is -2.26. The number of rotatable bonds is 3. The lowest BCUT2D eigenvalue weighted by atomic mass is 10.1. The van der Waals surface area contributed by atoms with Crippen LogP contribution in [0.2, 0.25) is 0 Å². The molecule has 0 unspecified atom stereocenters. The molecule has 1 aliphatic heterocycles. The smallest absolute Gasteiger partial charge is 0.273 e. The highest BCUT2D eigenvalue weighted by molar-refractivity contribution is 5.80. The number of benzene rings is 1. The minimum absolute atomic E-state index is 0.114. The van der Waals surface area contributed by atoms with Crippen LogP contribution < -0.4 is 11.1 Å². The zero-order valence-electron chi connectivity index (χ0n) is 11.5. The van der Waals surface area contributed by atoms with Gasteiger partial charge >= 0.3 is 0 Å². The van der Waals surface area contributed by atoms with Crippen molar-refractivity contribution in [2.75, 3.05) is 19.6 Å². The maximum atomic E-state index is 12.3. The Morgan fingerprint density at radius 2 is 1.65 bits per heavy atom. The van der Waals surface area contributed by atoms with E-state index in [2.05, 4.69) is 10.00 Å². The van der Waals surface area contributed by atoms with E-state index in [0.717, 1.165) is 19.6 Å². The third kappa shape index (κ3) is 2.54. The number of nitrogens with one attached hydrogen (secondary N) is 1. The van der Waals surface area contributed by atoms with Crippen molar-refractivity contribution >= 4 is 10.8 Å². The molecule has 0 saturated carbocycles.